The summed E-state index contributed by atoms with van der Waals surface area (Å²) in [6.07, 6.45) is 3.01. The van der Waals surface area contributed by atoms with Gasteiger partial charge >= 0.3 is 0 Å². The summed E-state index contributed by atoms with van der Waals surface area (Å²) in [7, 11) is 1.48. The number of methoxy groups -OCH3 is 1. The Kier molecular flexibility index (Phi) is 6.08. The molecule has 0 spiro atoms. The van der Waals surface area contributed by atoms with Crippen LogP contribution in [0.4, 0.5) is 11.4 Å². The molecule has 0 aliphatic heterocycles. The molecule has 0 saturated heterocycles. The third-order valence-electron chi connectivity index (χ3n) is 2.95. The van der Waals surface area contributed by atoms with E-state index in [-0.39, 0.29) is 11.7 Å². The first-order valence-corrected chi connectivity index (χ1v) is 6.41. The van der Waals surface area contributed by atoms with Gasteiger partial charge in [0, 0.05) is 12.6 Å². The number of nitrogens with one attached hydrogen (secondary N) is 1. The summed E-state index contributed by atoms with van der Waals surface area (Å²) in [6, 6.07) is 4.82. The molecule has 0 radical (unpaired) electrons. The fourth-order valence-corrected chi connectivity index (χ4v) is 1.83. The molecule has 0 heterocycles. The molecule has 0 aliphatic carbocycles. The zero-order valence-electron chi connectivity index (χ0n) is 11.4. The number of hydrogen-bond acceptors (Lipinski definition) is 5. The molecule has 1 aromatic rings. The zero-order valence-corrected chi connectivity index (χ0v) is 11.4. The number of nitro benzene ring substituents is 1. The average molecular weight is 267 g/mol. The fourth-order valence-electron chi connectivity index (χ4n) is 1.83. The lowest BCUT2D eigenvalue weighted by Gasteiger charge is -2.18. The summed E-state index contributed by atoms with van der Waals surface area (Å²) in [6.45, 7) is 2.55. The predicted octanol–water partition coefficient (Wildman–Crippen LogP) is 2.53. The monoisotopic (exact) mass is 267 g/mol. The van der Waals surface area contributed by atoms with E-state index in [1.807, 2.05) is 0 Å². The number of ether oxygens (including phenoxy) is 1. The van der Waals surface area contributed by atoms with Crippen LogP contribution in [-0.2, 0) is 0 Å². The van der Waals surface area contributed by atoms with Gasteiger partial charge in [-0.3, -0.25) is 10.1 Å². The van der Waals surface area contributed by atoms with Gasteiger partial charge in [0.1, 0.15) is 11.4 Å². The highest BCUT2D eigenvalue weighted by molar-refractivity contribution is 5.64. The fraction of sp³-hybridized carbons (Fsp3) is 0.538. The normalized spacial score (nSPS) is 11.9. The van der Waals surface area contributed by atoms with Gasteiger partial charge in [-0.2, -0.15) is 0 Å². The van der Waals surface area contributed by atoms with Crippen LogP contribution in [0.25, 0.3) is 0 Å². The van der Waals surface area contributed by atoms with Crippen molar-refractivity contribution in [3.05, 3.63) is 28.3 Å². The third-order valence-corrected chi connectivity index (χ3v) is 2.95. The molecule has 3 N–H and O–H groups in total. The summed E-state index contributed by atoms with van der Waals surface area (Å²) >= 11 is 0. The third kappa shape index (κ3) is 4.40. The van der Waals surface area contributed by atoms with E-state index in [9.17, 15) is 10.1 Å². The molecule has 0 bridgehead atoms. The second-order valence-corrected chi connectivity index (χ2v) is 4.36. The van der Waals surface area contributed by atoms with Gasteiger partial charge in [0.2, 0.25) is 0 Å². The van der Waals surface area contributed by atoms with Crippen LogP contribution in [0.2, 0.25) is 0 Å². The van der Waals surface area contributed by atoms with Gasteiger partial charge < -0.3 is 15.8 Å². The van der Waals surface area contributed by atoms with Crippen LogP contribution in [0, 0.1) is 10.1 Å². The standard InChI is InChI=1S/C13H21N3O3/c1-3-4-5-10(9-14)15-12-7-6-11(19-2)8-13(12)16(17)18/h6-8,10,15H,3-5,9,14H2,1-2H3. The molecule has 1 rings (SSSR count). The van der Waals surface area contributed by atoms with Gasteiger partial charge in [-0.1, -0.05) is 19.8 Å². The lowest BCUT2D eigenvalue weighted by molar-refractivity contribution is -0.384. The molecular weight excluding hydrogens is 246 g/mol. The summed E-state index contributed by atoms with van der Waals surface area (Å²) in [4.78, 5) is 10.6. The van der Waals surface area contributed by atoms with Crippen molar-refractivity contribution >= 4 is 11.4 Å². The van der Waals surface area contributed by atoms with Gasteiger partial charge in [-0.25, -0.2) is 0 Å². The minimum atomic E-state index is -0.418. The SMILES string of the molecule is CCCCC(CN)Nc1ccc(OC)cc1[N+](=O)[O-]. The van der Waals surface area contributed by atoms with Crippen molar-refractivity contribution in [2.24, 2.45) is 5.73 Å². The van der Waals surface area contributed by atoms with Gasteiger partial charge in [0.15, 0.2) is 0 Å². The maximum atomic E-state index is 11.1. The Morgan fingerprint density at radius 2 is 2.26 bits per heavy atom. The van der Waals surface area contributed by atoms with Gasteiger partial charge in [-0.05, 0) is 18.6 Å². The van der Waals surface area contributed by atoms with Crippen molar-refractivity contribution in [3.8, 4) is 5.75 Å². The average Bonchev–Trinajstić information content (AvgIpc) is 2.43. The van der Waals surface area contributed by atoms with Crippen molar-refractivity contribution in [1.29, 1.82) is 0 Å². The second kappa shape index (κ2) is 7.58. The Balaban J connectivity index is 2.89. The van der Waals surface area contributed by atoms with Crippen LogP contribution in [-0.4, -0.2) is 24.6 Å². The molecular formula is C13H21N3O3. The quantitative estimate of drug-likeness (QED) is 0.558. The highest BCUT2D eigenvalue weighted by atomic mass is 16.6. The van der Waals surface area contributed by atoms with Gasteiger partial charge in [0.05, 0.1) is 18.1 Å². The zero-order chi connectivity index (χ0) is 14.3. The van der Waals surface area contributed by atoms with E-state index < -0.39 is 4.92 Å². The van der Waals surface area contributed by atoms with E-state index in [1.165, 1.54) is 13.2 Å². The van der Waals surface area contributed by atoms with E-state index in [0.717, 1.165) is 19.3 Å². The minimum absolute atomic E-state index is 0.00861. The van der Waals surface area contributed by atoms with Crippen molar-refractivity contribution in [3.63, 3.8) is 0 Å². The van der Waals surface area contributed by atoms with Crippen LogP contribution in [0.15, 0.2) is 18.2 Å². The number of nitrogens with zero attached hydrogens (tertiary/aromatic N) is 1. The van der Waals surface area contributed by atoms with E-state index in [2.05, 4.69) is 12.2 Å². The van der Waals surface area contributed by atoms with E-state index in [4.69, 9.17) is 10.5 Å². The minimum Gasteiger partial charge on any atom is -0.496 e. The molecule has 6 nitrogen and oxygen atoms in total. The second-order valence-electron chi connectivity index (χ2n) is 4.36. The smallest absolute Gasteiger partial charge is 0.296 e. The number of nitro groups is 1. The van der Waals surface area contributed by atoms with Gasteiger partial charge in [0.25, 0.3) is 5.69 Å². The Morgan fingerprint density at radius 1 is 1.53 bits per heavy atom. The van der Waals surface area contributed by atoms with E-state index in [1.54, 1.807) is 12.1 Å². The maximum absolute atomic E-state index is 11.1. The largest absolute Gasteiger partial charge is 0.496 e. The number of anilines is 1. The highest BCUT2D eigenvalue weighted by Gasteiger charge is 2.17. The van der Waals surface area contributed by atoms with Crippen LogP contribution in [0.1, 0.15) is 26.2 Å². The Morgan fingerprint density at radius 3 is 2.79 bits per heavy atom. The Hall–Kier alpha value is -1.82. The van der Waals surface area contributed by atoms with E-state index in [0.29, 0.717) is 18.0 Å². The van der Waals surface area contributed by atoms with Crippen molar-refractivity contribution in [2.75, 3.05) is 19.0 Å². The van der Waals surface area contributed by atoms with E-state index >= 15 is 0 Å². The molecule has 0 amide bonds. The molecule has 0 fully saturated rings. The maximum Gasteiger partial charge on any atom is 0.296 e. The molecule has 0 aliphatic rings. The highest BCUT2D eigenvalue weighted by Crippen LogP contribution is 2.29. The summed E-state index contributed by atoms with van der Waals surface area (Å²) < 4.78 is 5.00. The van der Waals surface area contributed by atoms with Crippen LogP contribution in [0.5, 0.6) is 5.75 Å². The molecule has 19 heavy (non-hydrogen) atoms. The molecule has 0 aromatic heterocycles. The molecule has 0 saturated carbocycles. The molecule has 6 heteroatoms. The van der Waals surface area contributed by atoms with Crippen molar-refractivity contribution in [1.82, 2.24) is 0 Å². The lowest BCUT2D eigenvalue weighted by atomic mass is 10.1. The van der Waals surface area contributed by atoms with Crippen molar-refractivity contribution in [2.45, 2.75) is 32.2 Å². The first kappa shape index (κ1) is 15.2. The number of rotatable bonds is 8. The number of unbranched alkanes of at least 4 members (excludes halogenated alkanes) is 1. The molecule has 1 unspecified atom stereocenters. The number of hydrogen-bond donors (Lipinski definition) is 2. The topological polar surface area (TPSA) is 90.4 Å². The predicted molar refractivity (Wildman–Crippen MR) is 75.6 cm³/mol. The molecule has 1 aromatic carbocycles. The Labute approximate surface area is 113 Å². The summed E-state index contributed by atoms with van der Waals surface area (Å²) in [5.74, 6) is 0.468. The van der Waals surface area contributed by atoms with Crippen LogP contribution >= 0.6 is 0 Å². The summed E-state index contributed by atoms with van der Waals surface area (Å²) in [5, 5.41) is 14.2. The molecule has 1 atom stereocenters. The van der Waals surface area contributed by atoms with Crippen LogP contribution in [0.3, 0.4) is 0 Å². The summed E-state index contributed by atoms with van der Waals surface area (Å²) in [5.41, 5.74) is 6.18. The van der Waals surface area contributed by atoms with Crippen LogP contribution < -0.4 is 15.8 Å². The Bertz CT molecular complexity index is 424. The first-order valence-electron chi connectivity index (χ1n) is 6.41. The number of benzene rings is 1. The molecule has 106 valence electrons. The van der Waals surface area contributed by atoms with Gasteiger partial charge in [-0.15, -0.1) is 0 Å². The number of nitrogens with two attached hydrogens (primary N) is 1. The van der Waals surface area contributed by atoms with Crippen molar-refractivity contribution < 1.29 is 9.66 Å². The lowest BCUT2D eigenvalue weighted by Crippen LogP contribution is -2.29. The first-order chi connectivity index (χ1) is 9.12.